The summed E-state index contributed by atoms with van der Waals surface area (Å²) in [4.78, 5) is 75.5. The molecule has 4 rings (SSSR count). The first-order chi connectivity index (χ1) is 20.2. The van der Waals surface area contributed by atoms with Crippen LogP contribution in [0, 0.1) is 0 Å². The maximum atomic E-state index is 12.9. The molecular weight excluding hydrogens is 550 g/mol. The van der Waals surface area contributed by atoms with E-state index in [-0.39, 0.29) is 16.7 Å². The van der Waals surface area contributed by atoms with E-state index in [0.717, 1.165) is 6.07 Å². The number of hydrogen-bond acceptors (Lipinski definition) is 10. The number of carbonyl (C=O) groups excluding carboxylic acids is 6. The smallest absolute Gasteiger partial charge is 0.338 e. The number of ether oxygens (including phenoxy) is 4. The summed E-state index contributed by atoms with van der Waals surface area (Å²) in [6, 6.07) is 16.9. The molecule has 216 valence electrons. The maximum absolute atomic E-state index is 12.9. The fourth-order valence-corrected chi connectivity index (χ4v) is 3.96. The van der Waals surface area contributed by atoms with Crippen LogP contribution in [0.15, 0.2) is 66.7 Å². The minimum Gasteiger partial charge on any atom is -0.495 e. The predicted molar refractivity (Wildman–Crippen MR) is 146 cm³/mol. The van der Waals surface area contributed by atoms with Crippen molar-refractivity contribution in [3.8, 4) is 11.5 Å². The number of hydrogen-bond donors (Lipinski definition) is 2. The number of benzene rings is 3. The molecule has 0 radical (unpaired) electrons. The summed E-state index contributed by atoms with van der Waals surface area (Å²) in [6.07, 6.45) is 0. The monoisotopic (exact) mass is 575 g/mol. The van der Waals surface area contributed by atoms with Gasteiger partial charge in [0.2, 0.25) is 0 Å². The van der Waals surface area contributed by atoms with Crippen molar-refractivity contribution in [1.29, 1.82) is 0 Å². The fraction of sp³-hybridized carbons (Fsp3) is 0.172. The molecule has 1 aliphatic rings. The van der Waals surface area contributed by atoms with Crippen LogP contribution in [0.1, 0.15) is 31.1 Å². The van der Waals surface area contributed by atoms with Crippen LogP contribution in [-0.2, 0) is 23.9 Å². The Morgan fingerprint density at radius 2 is 1.21 bits per heavy atom. The SMILES string of the molecule is COc1ccccc1NC(=O)COC(=O)CN1C(=O)c2ccc(C(=O)OCC(=O)Nc3ccccc3OC)cc2C1=O. The van der Waals surface area contributed by atoms with E-state index in [2.05, 4.69) is 10.6 Å². The molecule has 0 unspecified atom stereocenters. The number of nitrogens with zero attached hydrogens (tertiary/aromatic N) is 1. The first-order valence-corrected chi connectivity index (χ1v) is 12.4. The molecule has 2 N–H and O–H groups in total. The third-order valence-electron chi connectivity index (χ3n) is 5.95. The highest BCUT2D eigenvalue weighted by Crippen LogP contribution is 2.26. The number of para-hydroxylation sites is 4. The maximum Gasteiger partial charge on any atom is 0.338 e. The number of esters is 2. The van der Waals surface area contributed by atoms with Gasteiger partial charge in [-0.25, -0.2) is 4.79 Å². The van der Waals surface area contributed by atoms with Crippen molar-refractivity contribution in [3.05, 3.63) is 83.4 Å². The normalized spacial score (nSPS) is 11.8. The third kappa shape index (κ3) is 6.70. The number of fused-ring (bicyclic) bond motifs is 1. The van der Waals surface area contributed by atoms with Gasteiger partial charge in [0.1, 0.15) is 18.0 Å². The molecule has 13 nitrogen and oxygen atoms in total. The molecule has 3 aromatic rings. The lowest BCUT2D eigenvalue weighted by molar-refractivity contribution is -0.147. The van der Waals surface area contributed by atoms with Gasteiger partial charge in [-0.1, -0.05) is 24.3 Å². The molecule has 0 atom stereocenters. The minimum atomic E-state index is -1.000. The summed E-state index contributed by atoms with van der Waals surface area (Å²) >= 11 is 0. The lowest BCUT2D eigenvalue weighted by atomic mass is 10.1. The highest BCUT2D eigenvalue weighted by atomic mass is 16.5. The largest absolute Gasteiger partial charge is 0.495 e. The van der Waals surface area contributed by atoms with Crippen LogP contribution in [0.5, 0.6) is 11.5 Å². The third-order valence-corrected chi connectivity index (χ3v) is 5.95. The molecule has 42 heavy (non-hydrogen) atoms. The highest BCUT2D eigenvalue weighted by molar-refractivity contribution is 6.22. The molecule has 0 fully saturated rings. The Hall–Kier alpha value is -5.72. The Labute approximate surface area is 239 Å². The van der Waals surface area contributed by atoms with Crippen molar-refractivity contribution in [2.75, 3.05) is 44.6 Å². The molecular formula is C29H25N3O10. The van der Waals surface area contributed by atoms with Crippen molar-refractivity contribution >= 4 is 46.9 Å². The van der Waals surface area contributed by atoms with Gasteiger partial charge in [-0.2, -0.15) is 0 Å². The number of anilines is 2. The molecule has 0 aliphatic carbocycles. The summed E-state index contributed by atoms with van der Waals surface area (Å²) in [5.41, 5.74) is 0.505. The molecule has 4 amide bonds. The molecule has 0 spiro atoms. The van der Waals surface area contributed by atoms with Crippen molar-refractivity contribution in [1.82, 2.24) is 4.90 Å². The van der Waals surface area contributed by atoms with Gasteiger partial charge in [-0.3, -0.25) is 28.9 Å². The summed E-state index contributed by atoms with van der Waals surface area (Å²) in [7, 11) is 2.88. The van der Waals surface area contributed by atoms with E-state index < -0.39 is 55.3 Å². The van der Waals surface area contributed by atoms with Crippen LogP contribution in [0.4, 0.5) is 11.4 Å². The average molecular weight is 576 g/mol. The van der Waals surface area contributed by atoms with Gasteiger partial charge < -0.3 is 29.6 Å². The molecule has 0 bridgehead atoms. The van der Waals surface area contributed by atoms with Gasteiger partial charge in [0.25, 0.3) is 23.6 Å². The molecule has 3 aromatic carbocycles. The van der Waals surface area contributed by atoms with E-state index >= 15 is 0 Å². The molecule has 13 heteroatoms. The summed E-state index contributed by atoms with van der Waals surface area (Å²) in [6.45, 7) is -2.04. The van der Waals surface area contributed by atoms with Crippen molar-refractivity contribution in [2.24, 2.45) is 0 Å². The number of nitrogens with one attached hydrogen (secondary N) is 2. The second kappa shape index (κ2) is 13.1. The van der Waals surface area contributed by atoms with Crippen LogP contribution in [-0.4, -0.2) is 74.4 Å². The van der Waals surface area contributed by atoms with Gasteiger partial charge >= 0.3 is 11.9 Å². The average Bonchev–Trinajstić information content (AvgIpc) is 3.23. The Balaban J connectivity index is 1.30. The zero-order valence-corrected chi connectivity index (χ0v) is 22.5. The van der Waals surface area contributed by atoms with Crippen LogP contribution in [0.25, 0.3) is 0 Å². The molecule has 0 saturated carbocycles. The number of carbonyl (C=O) groups is 6. The lowest BCUT2D eigenvalue weighted by Gasteiger charge is -2.13. The predicted octanol–water partition coefficient (Wildman–Crippen LogP) is 2.28. The molecule has 1 aliphatic heterocycles. The lowest BCUT2D eigenvalue weighted by Crippen LogP contribution is -2.36. The molecule has 0 saturated heterocycles. The standard InChI is InChI=1S/C29H25N3O10/c1-39-22-9-5-3-7-20(22)30-24(33)15-41-26(35)14-32-27(36)18-12-11-17(13-19(18)28(32)37)29(38)42-16-25(34)31-21-8-4-6-10-23(21)40-2/h3-13H,14-16H2,1-2H3,(H,30,33)(H,31,34). The zero-order chi connectivity index (χ0) is 30.2. The van der Waals surface area contributed by atoms with Crippen LogP contribution in [0.3, 0.4) is 0 Å². The number of methoxy groups -OCH3 is 2. The second-order valence-electron chi connectivity index (χ2n) is 8.69. The van der Waals surface area contributed by atoms with Crippen molar-refractivity contribution in [2.45, 2.75) is 0 Å². The van der Waals surface area contributed by atoms with E-state index in [1.807, 2.05) is 0 Å². The van der Waals surface area contributed by atoms with E-state index in [1.165, 1.54) is 26.4 Å². The summed E-state index contributed by atoms with van der Waals surface area (Å²) in [5, 5.41) is 5.09. The molecule has 0 aromatic heterocycles. The zero-order valence-electron chi connectivity index (χ0n) is 22.5. The van der Waals surface area contributed by atoms with Crippen LogP contribution in [0.2, 0.25) is 0 Å². The van der Waals surface area contributed by atoms with Gasteiger partial charge in [-0.05, 0) is 42.5 Å². The topological polar surface area (TPSA) is 167 Å². The fourth-order valence-electron chi connectivity index (χ4n) is 3.96. The Morgan fingerprint density at radius 3 is 1.79 bits per heavy atom. The minimum absolute atomic E-state index is 0.0350. The first-order valence-electron chi connectivity index (χ1n) is 12.4. The first kappa shape index (κ1) is 29.3. The van der Waals surface area contributed by atoms with Gasteiger partial charge in [0.15, 0.2) is 13.2 Å². The summed E-state index contributed by atoms with van der Waals surface area (Å²) < 4.78 is 20.2. The second-order valence-corrected chi connectivity index (χ2v) is 8.69. The van der Waals surface area contributed by atoms with E-state index in [4.69, 9.17) is 18.9 Å². The Bertz CT molecular complexity index is 1570. The van der Waals surface area contributed by atoms with Gasteiger partial charge in [0.05, 0.1) is 42.3 Å². The van der Waals surface area contributed by atoms with Gasteiger partial charge in [-0.15, -0.1) is 0 Å². The van der Waals surface area contributed by atoms with Crippen molar-refractivity contribution < 1.29 is 47.7 Å². The Morgan fingerprint density at radius 1 is 0.690 bits per heavy atom. The highest BCUT2D eigenvalue weighted by Gasteiger charge is 2.37. The van der Waals surface area contributed by atoms with Gasteiger partial charge in [0, 0.05) is 0 Å². The van der Waals surface area contributed by atoms with E-state index in [9.17, 15) is 28.8 Å². The molecule has 1 heterocycles. The number of imide groups is 1. The van der Waals surface area contributed by atoms with E-state index in [0.29, 0.717) is 27.8 Å². The van der Waals surface area contributed by atoms with E-state index in [1.54, 1.807) is 48.5 Å². The number of rotatable bonds is 11. The summed E-state index contributed by atoms with van der Waals surface area (Å²) in [5.74, 6) is -3.98. The van der Waals surface area contributed by atoms with Crippen molar-refractivity contribution in [3.63, 3.8) is 0 Å². The van der Waals surface area contributed by atoms with Crippen LogP contribution < -0.4 is 20.1 Å². The quantitative estimate of drug-likeness (QED) is 0.256. The Kier molecular flexibility index (Phi) is 9.12. The number of amides is 4. The van der Waals surface area contributed by atoms with Crippen LogP contribution >= 0.6 is 0 Å².